The molecule has 0 aliphatic carbocycles. The summed E-state index contributed by atoms with van der Waals surface area (Å²) in [5.41, 5.74) is 23.1. The zero-order valence-corrected chi connectivity index (χ0v) is 56.9. The van der Waals surface area contributed by atoms with Gasteiger partial charge in [0, 0.05) is 76.8 Å². The van der Waals surface area contributed by atoms with Gasteiger partial charge in [-0.3, -0.25) is 0 Å². The van der Waals surface area contributed by atoms with Gasteiger partial charge in [0.15, 0.2) is 23.3 Å². The molecule has 0 fully saturated rings. The predicted molar refractivity (Wildman–Crippen MR) is 427 cm³/mol. The monoisotopic (exact) mass is 1360 g/mol. The molecule has 0 atom stereocenters. The lowest BCUT2D eigenvalue weighted by atomic mass is 9.97. The van der Waals surface area contributed by atoms with E-state index in [1.807, 2.05) is 194 Å². The largest absolute Gasteiger partial charge is 0.247 e. The van der Waals surface area contributed by atoms with Gasteiger partial charge in [-0.15, -0.1) is 20.4 Å². The minimum Gasteiger partial charge on any atom is -0.247 e. The number of benzene rings is 14. The van der Waals surface area contributed by atoms with Crippen LogP contribution in [0.1, 0.15) is 0 Å². The summed E-state index contributed by atoms with van der Waals surface area (Å²) in [6.45, 7) is 0. The maximum atomic E-state index is 5.18. The summed E-state index contributed by atoms with van der Waals surface area (Å²) in [7, 11) is 0. The summed E-state index contributed by atoms with van der Waals surface area (Å²) in [5.74, 6) is 2.63. The smallest absolute Gasteiger partial charge is 0.164 e. The fourth-order valence-corrected chi connectivity index (χ4v) is 13.9. The van der Waals surface area contributed by atoms with Gasteiger partial charge in [-0.05, 0) is 89.0 Å². The maximum Gasteiger partial charge on any atom is 0.164 e. The number of para-hydroxylation sites is 4. The zero-order chi connectivity index (χ0) is 70.3. The van der Waals surface area contributed by atoms with E-state index in [9.17, 15) is 0 Å². The van der Waals surface area contributed by atoms with Crippen molar-refractivity contribution in [3.63, 3.8) is 0 Å². The van der Waals surface area contributed by atoms with Gasteiger partial charge in [0.05, 0.1) is 45.2 Å². The topological polar surface area (TPSA) is 152 Å². The van der Waals surface area contributed by atoms with E-state index in [4.69, 9.17) is 55.3 Å². The standard InChI is InChI=1S/C47H30N6.C46H29N7/c1-4-12-33(13-5-1)42-30-43(50-47(49-42)36-14-6-2-7-15-36)34-24-20-31(21-25-34)32-22-26-35(27-23-32)45-39-28-29-41-46(44(39)38-18-10-11-19-40(38)48-45)52-53(51-41)37-16-8-3-9-17-37;1-4-12-33(13-5-1)44-48-45(34-14-6-2-7-15-34)50-46(49-44)35-26-22-31(23-27-35)30-20-24-32(25-21-30)42-38-28-29-40-43(41(38)37-18-10-11-19-39(37)47-42)52-53(51-40)36-16-8-3-9-17-36/h1-30H;1-29H. The first-order chi connectivity index (χ1) is 52.5. The first-order valence-corrected chi connectivity index (χ1v) is 35.1. The Kier molecular flexibility index (Phi) is 15.9. The van der Waals surface area contributed by atoms with E-state index in [0.717, 1.165) is 166 Å². The average Bonchev–Trinajstić information content (AvgIpc) is 1.54. The molecule has 0 amide bonds. The Morgan fingerprint density at radius 2 is 0.462 bits per heavy atom. The molecule has 0 saturated heterocycles. The molecule has 6 heterocycles. The molecule has 0 bridgehead atoms. The highest BCUT2D eigenvalue weighted by Gasteiger charge is 2.21. The van der Waals surface area contributed by atoms with Crippen molar-refractivity contribution >= 4 is 65.4 Å². The number of nitrogens with zero attached hydrogens (tertiary/aromatic N) is 13. The van der Waals surface area contributed by atoms with Crippen molar-refractivity contribution in [2.24, 2.45) is 0 Å². The molecule has 0 aliphatic rings. The van der Waals surface area contributed by atoms with Gasteiger partial charge in [-0.1, -0.05) is 291 Å². The van der Waals surface area contributed by atoms with Crippen LogP contribution in [-0.2, 0) is 0 Å². The van der Waals surface area contributed by atoms with Crippen molar-refractivity contribution in [2.75, 3.05) is 0 Å². The summed E-state index contributed by atoms with van der Waals surface area (Å²) < 4.78 is 0. The maximum absolute atomic E-state index is 5.18. The van der Waals surface area contributed by atoms with Crippen molar-refractivity contribution < 1.29 is 0 Å². The second-order valence-electron chi connectivity index (χ2n) is 25.9. The van der Waals surface area contributed by atoms with Crippen LogP contribution >= 0.6 is 0 Å². The molecule has 496 valence electrons. The number of rotatable bonds is 12. The highest BCUT2D eigenvalue weighted by Crippen LogP contribution is 2.40. The molecule has 20 rings (SSSR count). The molecular weight excluding hydrogens is 1300 g/mol. The number of fused-ring (bicyclic) bond motifs is 10. The second kappa shape index (κ2) is 27.0. The predicted octanol–water partition coefficient (Wildman–Crippen LogP) is 21.9. The Hall–Kier alpha value is -14.7. The van der Waals surface area contributed by atoms with Crippen molar-refractivity contribution in [3.05, 3.63) is 358 Å². The molecule has 0 aliphatic heterocycles. The van der Waals surface area contributed by atoms with Gasteiger partial charge in [-0.2, -0.15) is 9.59 Å². The first kappa shape index (κ1) is 62.3. The van der Waals surface area contributed by atoms with Crippen LogP contribution < -0.4 is 0 Å². The highest BCUT2D eigenvalue weighted by atomic mass is 15.5. The lowest BCUT2D eigenvalue weighted by Gasteiger charge is -2.12. The summed E-state index contributed by atoms with van der Waals surface area (Å²) in [5, 5.41) is 25.9. The Morgan fingerprint density at radius 1 is 0.179 bits per heavy atom. The van der Waals surface area contributed by atoms with Crippen LogP contribution in [-0.4, -0.2) is 64.9 Å². The third-order valence-corrected chi connectivity index (χ3v) is 19.2. The van der Waals surface area contributed by atoms with Gasteiger partial charge in [0.1, 0.15) is 22.1 Å². The molecule has 13 heteroatoms. The van der Waals surface area contributed by atoms with Gasteiger partial charge in [0.25, 0.3) is 0 Å². The summed E-state index contributed by atoms with van der Waals surface area (Å²) in [6, 6.07) is 122. The van der Waals surface area contributed by atoms with Crippen LogP contribution in [0.2, 0.25) is 0 Å². The first-order valence-electron chi connectivity index (χ1n) is 35.1. The highest BCUT2D eigenvalue weighted by molar-refractivity contribution is 6.22. The number of hydrogen-bond donors (Lipinski definition) is 0. The normalized spacial score (nSPS) is 11.4. The van der Waals surface area contributed by atoms with Crippen molar-refractivity contribution in [1.82, 2.24) is 64.9 Å². The number of hydrogen-bond acceptors (Lipinski definition) is 11. The van der Waals surface area contributed by atoms with E-state index in [0.29, 0.717) is 23.3 Å². The third kappa shape index (κ3) is 12.0. The van der Waals surface area contributed by atoms with Crippen molar-refractivity contribution in [2.45, 2.75) is 0 Å². The van der Waals surface area contributed by atoms with E-state index in [-0.39, 0.29) is 0 Å². The van der Waals surface area contributed by atoms with Crippen LogP contribution in [0.3, 0.4) is 0 Å². The second-order valence-corrected chi connectivity index (χ2v) is 25.9. The molecule has 0 N–H and O–H groups in total. The van der Waals surface area contributed by atoms with Crippen LogP contribution in [0.25, 0.3) is 190 Å². The summed E-state index contributed by atoms with van der Waals surface area (Å²) in [6.07, 6.45) is 0. The zero-order valence-electron chi connectivity index (χ0n) is 56.9. The SMILES string of the molecule is c1ccc(-c2cc(-c3ccc(-c4ccc(-c5nc6ccccc6c6c5ccc5nn(-c7ccccc7)nc56)cc4)cc3)nc(-c3ccccc3)n2)cc1.c1ccc(-c2nc(-c3ccccc3)nc(-c3ccc(-c4ccc(-c5nc6ccccc6c6c5ccc5nn(-c7ccccc7)nc56)cc4)cc3)n2)cc1. The minimum atomic E-state index is 0.631. The Balaban J connectivity index is 0.000000145. The molecule has 20 aromatic rings. The molecule has 13 nitrogen and oxygen atoms in total. The van der Waals surface area contributed by atoms with Gasteiger partial charge in [0.2, 0.25) is 0 Å². The van der Waals surface area contributed by atoms with Crippen LogP contribution in [0.5, 0.6) is 0 Å². The summed E-state index contributed by atoms with van der Waals surface area (Å²) >= 11 is 0. The average molecular weight is 1360 g/mol. The third-order valence-electron chi connectivity index (χ3n) is 19.2. The van der Waals surface area contributed by atoms with E-state index in [1.54, 1.807) is 9.59 Å². The summed E-state index contributed by atoms with van der Waals surface area (Å²) in [4.78, 5) is 38.3. The molecule has 0 spiro atoms. The van der Waals surface area contributed by atoms with Crippen LogP contribution in [0.15, 0.2) is 358 Å². The Morgan fingerprint density at radius 3 is 0.840 bits per heavy atom. The van der Waals surface area contributed by atoms with Gasteiger partial charge >= 0.3 is 0 Å². The molecule has 0 saturated carbocycles. The van der Waals surface area contributed by atoms with E-state index in [1.165, 1.54) is 0 Å². The minimum absolute atomic E-state index is 0.631. The van der Waals surface area contributed by atoms with E-state index >= 15 is 0 Å². The van der Waals surface area contributed by atoms with Crippen LogP contribution in [0, 0.1) is 0 Å². The Bertz CT molecular complexity index is 6100. The quantitative estimate of drug-likeness (QED) is 0.107. The number of aromatic nitrogens is 13. The molecule has 0 radical (unpaired) electrons. The molecule has 106 heavy (non-hydrogen) atoms. The van der Waals surface area contributed by atoms with Gasteiger partial charge < -0.3 is 0 Å². The lowest BCUT2D eigenvalue weighted by molar-refractivity contribution is 0.766. The lowest BCUT2D eigenvalue weighted by Crippen LogP contribution is -2.00. The van der Waals surface area contributed by atoms with Gasteiger partial charge in [-0.25, -0.2) is 34.9 Å². The molecular formula is C93H59N13. The van der Waals surface area contributed by atoms with Crippen molar-refractivity contribution in [1.29, 1.82) is 0 Å². The van der Waals surface area contributed by atoms with Crippen molar-refractivity contribution in [3.8, 4) is 124 Å². The van der Waals surface area contributed by atoms with Crippen LogP contribution in [0.4, 0.5) is 0 Å². The molecule has 6 aromatic heterocycles. The fourth-order valence-electron chi connectivity index (χ4n) is 13.9. The fraction of sp³-hybridized carbons (Fsp3) is 0. The molecule has 14 aromatic carbocycles. The Labute approximate surface area is 608 Å². The van der Waals surface area contributed by atoms with E-state index in [2.05, 4.69) is 164 Å². The molecule has 0 unspecified atom stereocenters. The number of pyridine rings is 2. The van der Waals surface area contributed by atoms with E-state index < -0.39 is 0 Å².